The van der Waals surface area contributed by atoms with Crippen molar-refractivity contribution in [3.8, 4) is 17.1 Å². The number of esters is 1. The van der Waals surface area contributed by atoms with Gasteiger partial charge in [0.15, 0.2) is 5.82 Å². The van der Waals surface area contributed by atoms with E-state index in [-0.39, 0.29) is 16.5 Å². The molecule has 0 aliphatic carbocycles. The maximum Gasteiger partial charge on any atom is 0.342 e. The third-order valence-electron chi connectivity index (χ3n) is 2.25. The molecule has 0 amide bonds. The SMILES string of the molecule is COC(=O)c1cnc(-c2cccc(O)c2)nc1Cl. The highest BCUT2D eigenvalue weighted by Crippen LogP contribution is 2.22. The molecular formula is C12H9ClN2O3. The molecule has 92 valence electrons. The van der Waals surface area contributed by atoms with Crippen molar-refractivity contribution in [1.29, 1.82) is 0 Å². The van der Waals surface area contributed by atoms with E-state index in [0.717, 1.165) is 0 Å². The van der Waals surface area contributed by atoms with Crippen molar-refractivity contribution in [1.82, 2.24) is 9.97 Å². The number of aromatic hydroxyl groups is 1. The Labute approximate surface area is 108 Å². The number of carbonyl (C=O) groups excluding carboxylic acids is 1. The molecule has 1 heterocycles. The van der Waals surface area contributed by atoms with Crippen molar-refractivity contribution in [3.05, 3.63) is 41.2 Å². The molecule has 2 aromatic rings. The minimum Gasteiger partial charge on any atom is -0.508 e. The number of nitrogens with zero attached hydrogens (tertiary/aromatic N) is 2. The first kappa shape index (κ1) is 12.3. The van der Waals surface area contributed by atoms with Crippen molar-refractivity contribution in [2.24, 2.45) is 0 Å². The Balaban J connectivity index is 2.43. The maximum atomic E-state index is 11.3. The van der Waals surface area contributed by atoms with Crippen LogP contribution in [0.5, 0.6) is 5.75 Å². The van der Waals surface area contributed by atoms with Crippen LogP contribution in [0.1, 0.15) is 10.4 Å². The normalized spacial score (nSPS) is 10.1. The first-order valence-electron chi connectivity index (χ1n) is 5.02. The predicted molar refractivity (Wildman–Crippen MR) is 65.5 cm³/mol. The lowest BCUT2D eigenvalue weighted by Crippen LogP contribution is -2.05. The first-order valence-corrected chi connectivity index (χ1v) is 5.40. The van der Waals surface area contributed by atoms with Crippen LogP contribution in [0.2, 0.25) is 5.15 Å². The van der Waals surface area contributed by atoms with E-state index >= 15 is 0 Å². The second-order valence-corrected chi connectivity index (χ2v) is 3.80. The summed E-state index contributed by atoms with van der Waals surface area (Å²) in [7, 11) is 1.25. The van der Waals surface area contributed by atoms with Gasteiger partial charge in [0, 0.05) is 11.8 Å². The Morgan fingerprint density at radius 3 is 2.83 bits per heavy atom. The largest absolute Gasteiger partial charge is 0.508 e. The Hall–Kier alpha value is -2.14. The first-order chi connectivity index (χ1) is 8.61. The van der Waals surface area contributed by atoms with Gasteiger partial charge in [0.05, 0.1) is 7.11 Å². The van der Waals surface area contributed by atoms with Crippen LogP contribution in [0.25, 0.3) is 11.4 Å². The van der Waals surface area contributed by atoms with Gasteiger partial charge in [-0.1, -0.05) is 23.7 Å². The number of ether oxygens (including phenoxy) is 1. The lowest BCUT2D eigenvalue weighted by atomic mass is 10.2. The summed E-state index contributed by atoms with van der Waals surface area (Å²) in [5.41, 5.74) is 0.705. The van der Waals surface area contributed by atoms with Gasteiger partial charge in [-0.15, -0.1) is 0 Å². The zero-order valence-corrected chi connectivity index (χ0v) is 10.2. The Morgan fingerprint density at radius 1 is 1.44 bits per heavy atom. The van der Waals surface area contributed by atoms with E-state index in [4.69, 9.17) is 11.6 Å². The quantitative estimate of drug-likeness (QED) is 0.665. The van der Waals surface area contributed by atoms with E-state index in [0.29, 0.717) is 11.4 Å². The topological polar surface area (TPSA) is 72.3 Å². The molecule has 0 saturated heterocycles. The van der Waals surface area contributed by atoms with Crippen LogP contribution >= 0.6 is 11.6 Å². The molecule has 0 radical (unpaired) electrons. The Morgan fingerprint density at radius 2 is 2.22 bits per heavy atom. The summed E-state index contributed by atoms with van der Waals surface area (Å²) >= 11 is 5.88. The van der Waals surface area contributed by atoms with Crippen LogP contribution in [0, 0.1) is 0 Å². The monoisotopic (exact) mass is 264 g/mol. The van der Waals surface area contributed by atoms with Gasteiger partial charge in [-0.25, -0.2) is 14.8 Å². The van der Waals surface area contributed by atoms with Gasteiger partial charge >= 0.3 is 5.97 Å². The molecule has 0 aliphatic rings. The lowest BCUT2D eigenvalue weighted by molar-refractivity contribution is 0.0600. The van der Waals surface area contributed by atoms with Crippen LogP contribution in [0.4, 0.5) is 0 Å². The van der Waals surface area contributed by atoms with E-state index in [9.17, 15) is 9.90 Å². The standard InChI is InChI=1S/C12H9ClN2O3/c1-18-12(17)9-6-14-11(15-10(9)13)7-3-2-4-8(16)5-7/h2-6,16H,1H3. The molecule has 0 fully saturated rings. The summed E-state index contributed by atoms with van der Waals surface area (Å²) in [5, 5.41) is 9.37. The number of phenols is 1. The highest BCUT2D eigenvalue weighted by molar-refractivity contribution is 6.32. The maximum absolute atomic E-state index is 11.3. The van der Waals surface area contributed by atoms with E-state index in [1.54, 1.807) is 12.1 Å². The zero-order chi connectivity index (χ0) is 13.1. The summed E-state index contributed by atoms with van der Waals surface area (Å²) in [6.45, 7) is 0. The van der Waals surface area contributed by atoms with E-state index in [1.165, 1.54) is 25.4 Å². The molecule has 18 heavy (non-hydrogen) atoms. The molecule has 0 unspecified atom stereocenters. The van der Waals surface area contributed by atoms with Gasteiger partial charge in [-0.3, -0.25) is 0 Å². The van der Waals surface area contributed by atoms with Crippen molar-refractivity contribution < 1.29 is 14.6 Å². The number of halogens is 1. The lowest BCUT2D eigenvalue weighted by Gasteiger charge is -2.04. The van der Waals surface area contributed by atoms with Gasteiger partial charge in [-0.05, 0) is 12.1 Å². The summed E-state index contributed by atoms with van der Waals surface area (Å²) in [6, 6.07) is 6.43. The van der Waals surface area contributed by atoms with E-state index in [2.05, 4.69) is 14.7 Å². The minimum absolute atomic E-state index is 0.00944. The molecule has 0 atom stereocenters. The second-order valence-electron chi connectivity index (χ2n) is 3.44. The fourth-order valence-corrected chi connectivity index (χ4v) is 1.60. The molecule has 5 nitrogen and oxygen atoms in total. The molecule has 2 rings (SSSR count). The number of hydrogen-bond acceptors (Lipinski definition) is 5. The molecule has 1 aromatic heterocycles. The molecule has 0 spiro atoms. The van der Waals surface area contributed by atoms with Crippen LogP contribution < -0.4 is 0 Å². The molecule has 1 N–H and O–H groups in total. The van der Waals surface area contributed by atoms with Crippen molar-refractivity contribution in [2.45, 2.75) is 0 Å². The third-order valence-corrected chi connectivity index (χ3v) is 2.54. The van der Waals surface area contributed by atoms with Gasteiger partial charge in [0.25, 0.3) is 0 Å². The summed E-state index contributed by atoms with van der Waals surface area (Å²) in [5.74, 6) is -0.171. The van der Waals surface area contributed by atoms with Crippen LogP contribution in [0.3, 0.4) is 0 Å². The van der Waals surface area contributed by atoms with Crippen LogP contribution in [-0.2, 0) is 4.74 Å². The van der Waals surface area contributed by atoms with Gasteiger partial charge in [-0.2, -0.15) is 0 Å². The van der Waals surface area contributed by atoms with E-state index < -0.39 is 5.97 Å². The number of hydrogen-bond donors (Lipinski definition) is 1. The minimum atomic E-state index is -0.595. The summed E-state index contributed by atoms with van der Waals surface area (Å²) in [4.78, 5) is 19.3. The fourth-order valence-electron chi connectivity index (χ4n) is 1.39. The van der Waals surface area contributed by atoms with Crippen LogP contribution in [0.15, 0.2) is 30.5 Å². The molecular weight excluding hydrogens is 256 g/mol. The molecule has 6 heteroatoms. The molecule has 1 aromatic carbocycles. The van der Waals surface area contributed by atoms with Gasteiger partial charge in [0.2, 0.25) is 0 Å². The van der Waals surface area contributed by atoms with Crippen LogP contribution in [-0.4, -0.2) is 28.2 Å². The highest BCUT2D eigenvalue weighted by Gasteiger charge is 2.14. The van der Waals surface area contributed by atoms with Crippen molar-refractivity contribution in [2.75, 3.05) is 7.11 Å². The number of methoxy groups -OCH3 is 1. The third kappa shape index (κ3) is 2.41. The smallest absolute Gasteiger partial charge is 0.342 e. The van der Waals surface area contributed by atoms with Gasteiger partial charge < -0.3 is 9.84 Å². The average molecular weight is 265 g/mol. The Bertz CT molecular complexity index is 602. The number of carbonyl (C=O) groups is 1. The van der Waals surface area contributed by atoms with E-state index in [1.807, 2.05) is 0 Å². The average Bonchev–Trinajstić information content (AvgIpc) is 2.37. The summed E-state index contributed by atoms with van der Waals surface area (Å²) < 4.78 is 4.54. The number of aromatic nitrogens is 2. The van der Waals surface area contributed by atoms with Crippen molar-refractivity contribution in [3.63, 3.8) is 0 Å². The number of rotatable bonds is 2. The van der Waals surface area contributed by atoms with Gasteiger partial charge in [0.1, 0.15) is 16.5 Å². The molecule has 0 aliphatic heterocycles. The number of benzene rings is 1. The highest BCUT2D eigenvalue weighted by atomic mass is 35.5. The Kier molecular flexibility index (Phi) is 3.43. The van der Waals surface area contributed by atoms with Crippen molar-refractivity contribution >= 4 is 17.6 Å². The summed E-state index contributed by atoms with van der Waals surface area (Å²) in [6.07, 6.45) is 1.29. The second kappa shape index (κ2) is 5.01. The molecule has 0 bridgehead atoms. The molecule has 0 saturated carbocycles. The zero-order valence-electron chi connectivity index (χ0n) is 9.42. The predicted octanol–water partition coefficient (Wildman–Crippen LogP) is 2.29. The fraction of sp³-hybridized carbons (Fsp3) is 0.0833. The number of phenolic OH excluding ortho intramolecular Hbond substituents is 1.